The van der Waals surface area contributed by atoms with Crippen molar-refractivity contribution in [2.45, 2.75) is 51.4 Å². The molecular formula is C19H22N6O2. The molecule has 2 aliphatic rings. The number of nitrogens with zero attached hydrogens (tertiary/aromatic N) is 6. The largest absolute Gasteiger partial charge is 0.476 e. The highest BCUT2D eigenvalue weighted by Gasteiger charge is 2.32. The molecule has 0 saturated carbocycles. The molecule has 0 fully saturated rings. The Morgan fingerprint density at radius 1 is 1.44 bits per heavy atom. The van der Waals surface area contributed by atoms with E-state index in [1.165, 1.54) is 0 Å². The fraction of sp³-hybridized carbons (Fsp3) is 0.474. The van der Waals surface area contributed by atoms with Crippen LogP contribution in [0.3, 0.4) is 0 Å². The van der Waals surface area contributed by atoms with E-state index in [2.05, 4.69) is 27.7 Å². The van der Waals surface area contributed by atoms with Crippen LogP contribution in [0.4, 0.5) is 0 Å². The Kier molecular flexibility index (Phi) is 4.54. The fourth-order valence-electron chi connectivity index (χ4n) is 4.28. The Morgan fingerprint density at radius 3 is 3.04 bits per heavy atom. The Balaban J connectivity index is 1.60. The summed E-state index contributed by atoms with van der Waals surface area (Å²) in [6, 6.07) is 4.24. The third kappa shape index (κ3) is 3.15. The van der Waals surface area contributed by atoms with Crippen LogP contribution in [0.15, 0.2) is 18.7 Å². The molecule has 27 heavy (non-hydrogen) atoms. The van der Waals surface area contributed by atoms with E-state index in [9.17, 15) is 9.90 Å². The maximum Gasteiger partial charge on any atom is 0.356 e. The lowest BCUT2D eigenvalue weighted by Gasteiger charge is -2.33. The third-order valence-corrected chi connectivity index (χ3v) is 5.50. The zero-order valence-corrected chi connectivity index (χ0v) is 15.1. The second-order valence-electron chi connectivity index (χ2n) is 7.13. The summed E-state index contributed by atoms with van der Waals surface area (Å²) >= 11 is 0. The predicted octanol–water partition coefficient (Wildman–Crippen LogP) is 1.60. The maximum atomic E-state index is 11.7. The molecule has 0 amide bonds. The van der Waals surface area contributed by atoms with Crippen molar-refractivity contribution in [3.8, 4) is 6.07 Å². The zero-order chi connectivity index (χ0) is 19.0. The van der Waals surface area contributed by atoms with E-state index in [-0.39, 0.29) is 11.7 Å². The standard InChI is InChI=1S/C19H22N6O2/c1-2-6-25-17-5-4-14(10-16(17)18(22-25)19(26)27)23-7-3-8-24-15(12-23)9-13(11-20)21-24/h2,9,14H,1,3-8,10,12H2,(H,26,27). The third-order valence-electron chi connectivity index (χ3n) is 5.50. The van der Waals surface area contributed by atoms with Crippen molar-refractivity contribution in [1.29, 1.82) is 5.26 Å². The molecule has 1 N–H and O–H groups in total. The second-order valence-corrected chi connectivity index (χ2v) is 7.13. The van der Waals surface area contributed by atoms with Gasteiger partial charge in [0.25, 0.3) is 0 Å². The van der Waals surface area contributed by atoms with Gasteiger partial charge in [-0.15, -0.1) is 6.58 Å². The number of hydrogen-bond acceptors (Lipinski definition) is 5. The molecule has 2 aromatic heterocycles. The first-order valence-electron chi connectivity index (χ1n) is 9.24. The lowest BCUT2D eigenvalue weighted by molar-refractivity contribution is 0.0687. The van der Waals surface area contributed by atoms with Gasteiger partial charge in [-0.2, -0.15) is 15.5 Å². The summed E-state index contributed by atoms with van der Waals surface area (Å²) < 4.78 is 3.70. The van der Waals surface area contributed by atoms with E-state index in [1.807, 2.05) is 10.7 Å². The van der Waals surface area contributed by atoms with Crippen LogP contribution in [0.5, 0.6) is 0 Å². The predicted molar refractivity (Wildman–Crippen MR) is 97.2 cm³/mol. The van der Waals surface area contributed by atoms with Gasteiger partial charge >= 0.3 is 5.97 Å². The van der Waals surface area contributed by atoms with E-state index in [0.29, 0.717) is 18.7 Å². The number of aromatic carboxylic acids is 1. The monoisotopic (exact) mass is 366 g/mol. The molecule has 0 spiro atoms. The van der Waals surface area contributed by atoms with Crippen LogP contribution in [0.1, 0.15) is 46.0 Å². The van der Waals surface area contributed by atoms with Gasteiger partial charge in [0, 0.05) is 36.9 Å². The first-order valence-corrected chi connectivity index (χ1v) is 9.24. The molecule has 4 rings (SSSR count). The van der Waals surface area contributed by atoms with E-state index < -0.39 is 5.97 Å². The Labute approximate surface area is 157 Å². The molecule has 0 aromatic carbocycles. The summed E-state index contributed by atoms with van der Waals surface area (Å²) in [6.07, 6.45) is 5.17. The molecule has 0 radical (unpaired) electrons. The highest BCUT2D eigenvalue weighted by molar-refractivity contribution is 5.87. The van der Waals surface area contributed by atoms with Crippen LogP contribution >= 0.6 is 0 Å². The van der Waals surface area contributed by atoms with Gasteiger partial charge in [-0.3, -0.25) is 14.3 Å². The molecule has 1 unspecified atom stereocenters. The van der Waals surface area contributed by atoms with Crippen molar-refractivity contribution >= 4 is 5.97 Å². The first-order chi connectivity index (χ1) is 13.1. The summed E-state index contributed by atoms with van der Waals surface area (Å²) in [5.41, 5.74) is 3.56. The molecular weight excluding hydrogens is 344 g/mol. The highest BCUT2D eigenvalue weighted by atomic mass is 16.4. The van der Waals surface area contributed by atoms with Crippen molar-refractivity contribution in [3.05, 3.63) is 47.1 Å². The van der Waals surface area contributed by atoms with Gasteiger partial charge in [-0.05, 0) is 31.7 Å². The number of carboxylic acids is 1. The molecule has 0 bridgehead atoms. The van der Waals surface area contributed by atoms with Crippen molar-refractivity contribution in [2.24, 2.45) is 0 Å². The smallest absolute Gasteiger partial charge is 0.356 e. The summed E-state index contributed by atoms with van der Waals surface area (Å²) in [5.74, 6) is -0.970. The number of aromatic nitrogens is 4. The Morgan fingerprint density at radius 2 is 2.30 bits per heavy atom. The van der Waals surface area contributed by atoms with Crippen LogP contribution in [0.2, 0.25) is 0 Å². The van der Waals surface area contributed by atoms with Gasteiger partial charge in [-0.1, -0.05) is 6.08 Å². The molecule has 2 aromatic rings. The average molecular weight is 366 g/mol. The number of allylic oxidation sites excluding steroid dienone is 1. The van der Waals surface area contributed by atoms with Crippen LogP contribution in [-0.4, -0.2) is 48.1 Å². The maximum absolute atomic E-state index is 11.7. The van der Waals surface area contributed by atoms with Crippen molar-refractivity contribution in [3.63, 3.8) is 0 Å². The molecule has 8 nitrogen and oxygen atoms in total. The molecule has 1 aliphatic carbocycles. The quantitative estimate of drug-likeness (QED) is 0.825. The van der Waals surface area contributed by atoms with Gasteiger partial charge < -0.3 is 5.11 Å². The van der Waals surface area contributed by atoms with E-state index in [4.69, 9.17) is 5.26 Å². The number of fused-ring (bicyclic) bond motifs is 2. The number of carboxylic acid groups (broad SMARTS) is 1. The average Bonchev–Trinajstić information content (AvgIpc) is 3.16. The lowest BCUT2D eigenvalue weighted by Crippen LogP contribution is -2.39. The van der Waals surface area contributed by atoms with Crippen molar-refractivity contribution < 1.29 is 9.90 Å². The summed E-state index contributed by atoms with van der Waals surface area (Å²) in [4.78, 5) is 14.1. The van der Waals surface area contributed by atoms with Crippen molar-refractivity contribution in [1.82, 2.24) is 24.5 Å². The molecule has 8 heteroatoms. The number of carbonyl (C=O) groups is 1. The Hall–Kier alpha value is -2.92. The summed E-state index contributed by atoms with van der Waals surface area (Å²) in [7, 11) is 0. The van der Waals surface area contributed by atoms with Gasteiger partial charge in [0.1, 0.15) is 6.07 Å². The number of aryl methyl sites for hydroxylation is 1. The zero-order valence-electron chi connectivity index (χ0n) is 15.1. The minimum Gasteiger partial charge on any atom is -0.476 e. The van der Waals surface area contributed by atoms with E-state index >= 15 is 0 Å². The second kappa shape index (κ2) is 7.00. The molecule has 0 saturated heterocycles. The molecule has 1 atom stereocenters. The Bertz CT molecular complexity index is 935. The van der Waals surface area contributed by atoms with E-state index in [0.717, 1.165) is 55.8 Å². The van der Waals surface area contributed by atoms with Gasteiger partial charge in [0.05, 0.1) is 12.2 Å². The van der Waals surface area contributed by atoms with Crippen LogP contribution in [-0.2, 0) is 32.5 Å². The van der Waals surface area contributed by atoms with Gasteiger partial charge in [-0.25, -0.2) is 4.79 Å². The minimum absolute atomic E-state index is 0.170. The fourth-order valence-corrected chi connectivity index (χ4v) is 4.28. The SMILES string of the molecule is C=CCn1nc(C(=O)O)c2c1CCC(N1CCCn3nc(C#N)cc3C1)C2. The topological polar surface area (TPSA) is 100.0 Å². The first kappa shape index (κ1) is 17.5. The lowest BCUT2D eigenvalue weighted by atomic mass is 9.90. The van der Waals surface area contributed by atoms with Crippen molar-refractivity contribution in [2.75, 3.05) is 6.54 Å². The van der Waals surface area contributed by atoms with Crippen LogP contribution in [0.25, 0.3) is 0 Å². The normalized spacial score (nSPS) is 19.6. The van der Waals surface area contributed by atoms with E-state index in [1.54, 1.807) is 10.8 Å². The number of hydrogen-bond donors (Lipinski definition) is 1. The highest BCUT2D eigenvalue weighted by Crippen LogP contribution is 2.29. The molecule has 140 valence electrons. The molecule has 1 aliphatic heterocycles. The van der Waals surface area contributed by atoms with Crippen LogP contribution in [0, 0.1) is 11.3 Å². The van der Waals surface area contributed by atoms with Crippen LogP contribution < -0.4 is 0 Å². The summed E-state index contributed by atoms with van der Waals surface area (Å²) in [5, 5.41) is 27.3. The summed E-state index contributed by atoms with van der Waals surface area (Å²) in [6.45, 7) is 6.75. The minimum atomic E-state index is -0.970. The van der Waals surface area contributed by atoms with Gasteiger partial charge in [0.15, 0.2) is 11.4 Å². The van der Waals surface area contributed by atoms with Gasteiger partial charge in [0.2, 0.25) is 0 Å². The number of rotatable bonds is 4. The number of nitriles is 1. The molecule has 3 heterocycles.